The number of carbonyl (C=O) groups is 1. The fourth-order valence-electron chi connectivity index (χ4n) is 2.51. The van der Waals surface area contributed by atoms with Crippen molar-refractivity contribution in [2.45, 2.75) is 50.8 Å². The van der Waals surface area contributed by atoms with Gasteiger partial charge in [-0.2, -0.15) is 0 Å². The fraction of sp³-hybridized carbons (Fsp3) is 0.533. The van der Waals surface area contributed by atoms with Crippen molar-refractivity contribution in [1.82, 2.24) is 5.32 Å². The Bertz CT molecular complexity index is 434. The van der Waals surface area contributed by atoms with Crippen molar-refractivity contribution in [2.75, 3.05) is 0 Å². The molecule has 1 amide bonds. The number of aliphatic hydroxyl groups excluding tert-OH is 1. The second-order valence-corrected chi connectivity index (χ2v) is 5.46. The van der Waals surface area contributed by atoms with E-state index >= 15 is 0 Å². The standard InChI is InChI=1S/C15H22N2O2/c1-11(18)13-6-4-12(5-7-13)10-17-14(19)15(16)8-2-3-9-15/h4-7,11,18H,2-3,8-10,16H2,1H3,(H,17,19). The van der Waals surface area contributed by atoms with Crippen LogP contribution in [-0.2, 0) is 11.3 Å². The molecule has 4 N–H and O–H groups in total. The number of nitrogens with one attached hydrogen (secondary N) is 1. The van der Waals surface area contributed by atoms with Gasteiger partial charge in [0.15, 0.2) is 0 Å². The molecule has 4 nitrogen and oxygen atoms in total. The van der Waals surface area contributed by atoms with Gasteiger partial charge in [0.2, 0.25) is 5.91 Å². The average Bonchev–Trinajstić information content (AvgIpc) is 2.84. The maximum absolute atomic E-state index is 12.0. The second-order valence-electron chi connectivity index (χ2n) is 5.46. The predicted molar refractivity (Wildman–Crippen MR) is 74.3 cm³/mol. The van der Waals surface area contributed by atoms with Crippen molar-refractivity contribution in [3.63, 3.8) is 0 Å². The summed E-state index contributed by atoms with van der Waals surface area (Å²) in [7, 11) is 0. The van der Waals surface area contributed by atoms with E-state index in [1.165, 1.54) is 0 Å². The van der Waals surface area contributed by atoms with Gasteiger partial charge in [-0.3, -0.25) is 4.79 Å². The Morgan fingerprint density at radius 3 is 2.47 bits per heavy atom. The van der Waals surface area contributed by atoms with Gasteiger partial charge in [-0.15, -0.1) is 0 Å². The van der Waals surface area contributed by atoms with Crippen LogP contribution in [0.3, 0.4) is 0 Å². The average molecular weight is 262 g/mol. The lowest BCUT2D eigenvalue weighted by Gasteiger charge is -2.22. The molecule has 0 aromatic heterocycles. The highest BCUT2D eigenvalue weighted by Gasteiger charge is 2.36. The fourth-order valence-corrected chi connectivity index (χ4v) is 2.51. The van der Waals surface area contributed by atoms with E-state index in [1.54, 1.807) is 6.92 Å². The van der Waals surface area contributed by atoms with Crippen LogP contribution in [0.5, 0.6) is 0 Å². The quantitative estimate of drug-likeness (QED) is 0.772. The summed E-state index contributed by atoms with van der Waals surface area (Å²) in [6, 6.07) is 7.58. The molecule has 0 heterocycles. The third-order valence-electron chi connectivity index (χ3n) is 3.86. The van der Waals surface area contributed by atoms with Crippen LogP contribution < -0.4 is 11.1 Å². The first-order valence-corrected chi connectivity index (χ1v) is 6.85. The third kappa shape index (κ3) is 3.33. The van der Waals surface area contributed by atoms with Crippen molar-refractivity contribution < 1.29 is 9.90 Å². The number of amides is 1. The molecule has 1 aliphatic rings. The third-order valence-corrected chi connectivity index (χ3v) is 3.86. The number of nitrogens with two attached hydrogens (primary N) is 1. The van der Waals surface area contributed by atoms with E-state index in [9.17, 15) is 9.90 Å². The lowest BCUT2D eigenvalue weighted by Crippen LogP contribution is -2.51. The minimum atomic E-state index is -0.667. The molecule has 0 bridgehead atoms. The Labute approximate surface area is 114 Å². The molecule has 19 heavy (non-hydrogen) atoms. The molecule has 1 fully saturated rings. The van der Waals surface area contributed by atoms with Crippen LogP contribution >= 0.6 is 0 Å². The number of hydrogen-bond acceptors (Lipinski definition) is 3. The van der Waals surface area contributed by atoms with Gasteiger partial charge in [0.1, 0.15) is 0 Å². The summed E-state index contributed by atoms with van der Waals surface area (Å²) in [6.07, 6.45) is 3.16. The topological polar surface area (TPSA) is 75.3 Å². The van der Waals surface area contributed by atoms with Crippen molar-refractivity contribution >= 4 is 5.91 Å². The van der Waals surface area contributed by atoms with E-state index in [-0.39, 0.29) is 5.91 Å². The summed E-state index contributed by atoms with van der Waals surface area (Å²) >= 11 is 0. The molecule has 1 atom stereocenters. The number of hydrogen-bond donors (Lipinski definition) is 3. The molecule has 0 saturated heterocycles. The first-order chi connectivity index (χ1) is 9.01. The zero-order valence-electron chi connectivity index (χ0n) is 11.4. The highest BCUT2D eigenvalue weighted by Crippen LogP contribution is 2.27. The molecule has 0 spiro atoms. The first kappa shape index (κ1) is 14.0. The summed E-state index contributed by atoms with van der Waals surface area (Å²) < 4.78 is 0. The summed E-state index contributed by atoms with van der Waals surface area (Å²) in [5, 5.41) is 12.3. The van der Waals surface area contributed by atoms with Crippen molar-refractivity contribution in [3.05, 3.63) is 35.4 Å². The van der Waals surface area contributed by atoms with E-state index in [4.69, 9.17) is 5.73 Å². The smallest absolute Gasteiger partial charge is 0.240 e. The maximum atomic E-state index is 12.0. The van der Waals surface area contributed by atoms with Crippen LogP contribution in [0.2, 0.25) is 0 Å². The minimum Gasteiger partial charge on any atom is -0.389 e. The molecule has 2 rings (SSSR count). The molecule has 104 valence electrons. The lowest BCUT2D eigenvalue weighted by molar-refractivity contribution is -0.126. The number of benzene rings is 1. The van der Waals surface area contributed by atoms with Crippen molar-refractivity contribution in [2.24, 2.45) is 5.73 Å². The van der Waals surface area contributed by atoms with Crippen LogP contribution in [0.15, 0.2) is 24.3 Å². The van der Waals surface area contributed by atoms with Gasteiger partial charge < -0.3 is 16.2 Å². The molecule has 1 aromatic rings. The number of rotatable bonds is 4. The molecule has 4 heteroatoms. The Morgan fingerprint density at radius 2 is 1.95 bits per heavy atom. The van der Waals surface area contributed by atoms with Gasteiger partial charge in [-0.1, -0.05) is 37.1 Å². The molecular formula is C15H22N2O2. The summed E-state index contributed by atoms with van der Waals surface area (Å²) in [5.74, 6) is -0.0513. The largest absolute Gasteiger partial charge is 0.389 e. The molecule has 1 aliphatic carbocycles. The Hall–Kier alpha value is -1.39. The second kappa shape index (κ2) is 5.72. The summed E-state index contributed by atoms with van der Waals surface area (Å²) in [5.41, 5.74) is 7.31. The molecule has 1 unspecified atom stereocenters. The normalized spacial score (nSPS) is 19.1. The van der Waals surface area contributed by atoms with E-state index in [0.29, 0.717) is 6.54 Å². The van der Waals surface area contributed by atoms with Gasteiger partial charge in [0.25, 0.3) is 0 Å². The SMILES string of the molecule is CC(O)c1ccc(CNC(=O)C2(N)CCCC2)cc1. The number of aliphatic hydroxyl groups is 1. The van der Waals surface area contributed by atoms with Gasteiger partial charge in [0, 0.05) is 6.54 Å². The Morgan fingerprint density at radius 1 is 1.37 bits per heavy atom. The molecule has 1 saturated carbocycles. The van der Waals surface area contributed by atoms with E-state index in [0.717, 1.165) is 36.8 Å². The lowest BCUT2D eigenvalue weighted by atomic mass is 9.98. The molecule has 0 aliphatic heterocycles. The zero-order chi connectivity index (χ0) is 13.9. The van der Waals surface area contributed by atoms with Crippen LogP contribution in [0.25, 0.3) is 0 Å². The van der Waals surface area contributed by atoms with E-state index in [2.05, 4.69) is 5.32 Å². The maximum Gasteiger partial charge on any atom is 0.240 e. The van der Waals surface area contributed by atoms with Gasteiger partial charge >= 0.3 is 0 Å². The molecular weight excluding hydrogens is 240 g/mol. The monoisotopic (exact) mass is 262 g/mol. The van der Waals surface area contributed by atoms with Crippen LogP contribution in [0.4, 0.5) is 0 Å². The van der Waals surface area contributed by atoms with Gasteiger partial charge in [-0.25, -0.2) is 0 Å². The summed E-state index contributed by atoms with van der Waals surface area (Å²) in [4.78, 5) is 12.0. The van der Waals surface area contributed by atoms with Crippen LogP contribution in [0.1, 0.15) is 49.8 Å². The van der Waals surface area contributed by atoms with Crippen LogP contribution in [-0.4, -0.2) is 16.6 Å². The van der Waals surface area contributed by atoms with Crippen molar-refractivity contribution in [1.29, 1.82) is 0 Å². The predicted octanol–water partition coefficient (Wildman–Crippen LogP) is 1.63. The van der Waals surface area contributed by atoms with Gasteiger partial charge in [-0.05, 0) is 30.9 Å². The highest BCUT2D eigenvalue weighted by atomic mass is 16.3. The van der Waals surface area contributed by atoms with Crippen LogP contribution in [0, 0.1) is 0 Å². The highest BCUT2D eigenvalue weighted by molar-refractivity contribution is 5.86. The Kier molecular flexibility index (Phi) is 4.22. The molecule has 0 radical (unpaired) electrons. The Balaban J connectivity index is 1.90. The first-order valence-electron chi connectivity index (χ1n) is 6.85. The van der Waals surface area contributed by atoms with E-state index in [1.807, 2.05) is 24.3 Å². The van der Waals surface area contributed by atoms with E-state index < -0.39 is 11.6 Å². The number of carbonyl (C=O) groups excluding carboxylic acids is 1. The van der Waals surface area contributed by atoms with Crippen molar-refractivity contribution in [3.8, 4) is 0 Å². The van der Waals surface area contributed by atoms with Gasteiger partial charge in [0.05, 0.1) is 11.6 Å². The summed E-state index contributed by atoms with van der Waals surface area (Å²) in [6.45, 7) is 2.22. The minimum absolute atomic E-state index is 0.0513. The molecule has 1 aromatic carbocycles. The zero-order valence-corrected chi connectivity index (χ0v) is 11.4.